The van der Waals surface area contributed by atoms with Gasteiger partial charge in [0.15, 0.2) is 5.69 Å². The van der Waals surface area contributed by atoms with Crippen molar-refractivity contribution >= 4 is 15.9 Å². The van der Waals surface area contributed by atoms with Crippen LogP contribution in [0.4, 0.5) is 0 Å². The lowest BCUT2D eigenvalue weighted by Crippen LogP contribution is -2.61. The minimum Gasteiger partial charge on any atom is -0.369 e. The Balaban J connectivity index is 1.47. The number of ether oxygens (including phenoxy) is 1. The Morgan fingerprint density at radius 1 is 1.33 bits per heavy atom. The Labute approximate surface area is 141 Å². The molecular weight excluding hydrogens is 332 g/mol. The number of aromatic amines is 1. The van der Waals surface area contributed by atoms with Crippen molar-refractivity contribution in [2.45, 2.75) is 44.9 Å². The average molecular weight is 354 g/mol. The fourth-order valence-electron chi connectivity index (χ4n) is 3.87. The Morgan fingerprint density at radius 3 is 2.75 bits per heavy atom. The smallest absolute Gasteiger partial charge is 0.274 e. The predicted molar refractivity (Wildman–Crippen MR) is 86.1 cm³/mol. The molecule has 0 unspecified atom stereocenters. The molecule has 0 radical (unpaired) electrons. The van der Waals surface area contributed by atoms with Crippen molar-refractivity contribution in [3.63, 3.8) is 0 Å². The van der Waals surface area contributed by atoms with Gasteiger partial charge in [-0.05, 0) is 20.3 Å². The molecule has 0 aliphatic carbocycles. The highest BCUT2D eigenvalue weighted by Crippen LogP contribution is 2.32. The van der Waals surface area contributed by atoms with Crippen molar-refractivity contribution in [2.75, 3.05) is 25.4 Å². The van der Waals surface area contributed by atoms with Gasteiger partial charge in [-0.15, -0.1) is 0 Å². The first kappa shape index (κ1) is 16.0. The molecule has 3 aliphatic heterocycles. The first-order valence-electron chi connectivity index (χ1n) is 8.38. The number of hydrogen-bond acceptors (Lipinski definition) is 5. The molecule has 0 aromatic carbocycles. The molecule has 0 bridgehead atoms. The van der Waals surface area contributed by atoms with Crippen LogP contribution in [0.15, 0.2) is 0 Å². The fraction of sp³-hybridized carbons (Fsp3) is 0.733. The van der Waals surface area contributed by atoms with E-state index < -0.39 is 10.0 Å². The van der Waals surface area contributed by atoms with E-state index in [9.17, 15) is 13.2 Å². The molecule has 8 nitrogen and oxygen atoms in total. The van der Waals surface area contributed by atoms with Gasteiger partial charge in [-0.2, -0.15) is 9.40 Å². The predicted octanol–water partition coefficient (Wildman–Crippen LogP) is 0.292. The van der Waals surface area contributed by atoms with Crippen LogP contribution >= 0.6 is 0 Å². The molecule has 132 valence electrons. The van der Waals surface area contributed by atoms with Crippen molar-refractivity contribution in [1.29, 1.82) is 0 Å². The zero-order chi connectivity index (χ0) is 17.1. The summed E-state index contributed by atoms with van der Waals surface area (Å²) in [5.74, 6) is 0.0988. The van der Waals surface area contributed by atoms with E-state index in [2.05, 4.69) is 10.2 Å². The summed E-state index contributed by atoms with van der Waals surface area (Å²) in [6.45, 7) is 5.39. The van der Waals surface area contributed by atoms with Crippen molar-refractivity contribution in [1.82, 2.24) is 19.4 Å². The molecule has 2 atom stereocenters. The molecule has 24 heavy (non-hydrogen) atoms. The largest absolute Gasteiger partial charge is 0.369 e. The van der Waals surface area contributed by atoms with Gasteiger partial charge in [0.2, 0.25) is 10.0 Å². The van der Waals surface area contributed by atoms with Crippen molar-refractivity contribution in [3.05, 3.63) is 17.0 Å². The quantitative estimate of drug-likeness (QED) is 0.824. The number of carbonyl (C=O) groups is 1. The van der Waals surface area contributed by atoms with E-state index in [0.717, 1.165) is 11.3 Å². The Morgan fingerprint density at radius 2 is 2.08 bits per heavy atom. The van der Waals surface area contributed by atoms with Crippen LogP contribution in [-0.2, 0) is 21.2 Å². The lowest BCUT2D eigenvalue weighted by Gasteiger charge is -2.42. The third-order valence-electron chi connectivity index (χ3n) is 5.13. The van der Waals surface area contributed by atoms with Crippen LogP contribution in [0.1, 0.15) is 48.1 Å². The van der Waals surface area contributed by atoms with E-state index in [1.54, 1.807) is 9.21 Å². The third-order valence-corrected chi connectivity index (χ3v) is 7.13. The summed E-state index contributed by atoms with van der Waals surface area (Å²) < 4.78 is 31.2. The van der Waals surface area contributed by atoms with E-state index in [-0.39, 0.29) is 29.9 Å². The summed E-state index contributed by atoms with van der Waals surface area (Å²) in [6, 6.07) is -0.0857. The molecule has 4 rings (SSSR count). The maximum atomic E-state index is 12.7. The van der Waals surface area contributed by atoms with E-state index in [1.165, 1.54) is 0 Å². The highest BCUT2D eigenvalue weighted by atomic mass is 32.2. The monoisotopic (exact) mass is 354 g/mol. The number of nitrogens with zero attached hydrogens (tertiary/aromatic N) is 3. The number of hydrogen-bond donors (Lipinski definition) is 1. The minimum atomic E-state index is -3.12. The van der Waals surface area contributed by atoms with Gasteiger partial charge in [-0.25, -0.2) is 8.42 Å². The lowest BCUT2D eigenvalue weighted by molar-refractivity contribution is -0.00710. The van der Waals surface area contributed by atoms with Gasteiger partial charge in [-0.1, -0.05) is 0 Å². The molecule has 3 aliphatic rings. The molecule has 1 aromatic heterocycles. The zero-order valence-corrected chi connectivity index (χ0v) is 14.7. The molecule has 9 heteroatoms. The molecule has 1 amide bonds. The molecule has 1 N–H and O–H groups in total. The number of carbonyl (C=O) groups excluding carboxylic acids is 1. The molecule has 2 saturated heterocycles. The van der Waals surface area contributed by atoms with Crippen molar-refractivity contribution in [2.24, 2.45) is 0 Å². The van der Waals surface area contributed by atoms with E-state index in [0.29, 0.717) is 38.2 Å². The molecular formula is C15H22N4O4S. The maximum absolute atomic E-state index is 12.7. The molecule has 0 spiro atoms. The van der Waals surface area contributed by atoms with Crippen LogP contribution in [-0.4, -0.2) is 71.3 Å². The molecule has 4 heterocycles. The van der Waals surface area contributed by atoms with Gasteiger partial charge in [0.1, 0.15) is 0 Å². The van der Waals surface area contributed by atoms with E-state index in [4.69, 9.17) is 4.74 Å². The van der Waals surface area contributed by atoms with Gasteiger partial charge in [0, 0.05) is 31.6 Å². The van der Waals surface area contributed by atoms with Gasteiger partial charge < -0.3 is 9.64 Å². The summed E-state index contributed by atoms with van der Waals surface area (Å²) in [5.41, 5.74) is 2.26. The summed E-state index contributed by atoms with van der Waals surface area (Å²) in [7, 11) is -3.12. The van der Waals surface area contributed by atoms with Gasteiger partial charge >= 0.3 is 0 Å². The van der Waals surface area contributed by atoms with Crippen molar-refractivity contribution < 1.29 is 17.9 Å². The van der Waals surface area contributed by atoms with Gasteiger partial charge in [0.05, 0.1) is 29.7 Å². The summed E-state index contributed by atoms with van der Waals surface area (Å²) in [5, 5.41) is 7.14. The number of fused-ring (bicyclic) bond motifs is 1. The number of nitrogens with one attached hydrogen (secondary N) is 1. The Kier molecular flexibility index (Phi) is 3.70. The van der Waals surface area contributed by atoms with E-state index >= 15 is 0 Å². The summed E-state index contributed by atoms with van der Waals surface area (Å²) in [4.78, 5) is 14.4. The Bertz CT molecular complexity index is 768. The topological polar surface area (TPSA) is 95.6 Å². The first-order chi connectivity index (χ1) is 11.4. The zero-order valence-electron chi connectivity index (χ0n) is 13.9. The van der Waals surface area contributed by atoms with Gasteiger partial charge in [-0.3, -0.25) is 9.89 Å². The van der Waals surface area contributed by atoms with Crippen LogP contribution in [0.25, 0.3) is 0 Å². The SMILES string of the molecule is C[C@@H]1Cc2c(C(=O)N3CC(N4CCCS4(=O)=O)C3)n[nH]c2[C@H](C)O1. The van der Waals surface area contributed by atoms with E-state index in [1.807, 2.05) is 13.8 Å². The minimum absolute atomic E-state index is 0.0514. The van der Waals surface area contributed by atoms with Gasteiger partial charge in [0.25, 0.3) is 5.91 Å². The highest BCUT2D eigenvalue weighted by Gasteiger charge is 2.43. The maximum Gasteiger partial charge on any atom is 0.274 e. The van der Waals surface area contributed by atoms with Crippen LogP contribution < -0.4 is 0 Å². The summed E-state index contributed by atoms with van der Waals surface area (Å²) >= 11 is 0. The Hall–Kier alpha value is -1.45. The second kappa shape index (κ2) is 5.53. The van der Waals surface area contributed by atoms with Crippen LogP contribution in [0.3, 0.4) is 0 Å². The number of aromatic nitrogens is 2. The number of likely N-dealkylation sites (tertiary alicyclic amines) is 1. The fourth-order valence-corrected chi connectivity index (χ4v) is 5.60. The van der Waals surface area contributed by atoms with Crippen LogP contribution in [0, 0.1) is 0 Å². The van der Waals surface area contributed by atoms with Crippen LogP contribution in [0.2, 0.25) is 0 Å². The average Bonchev–Trinajstić information content (AvgIpc) is 3.01. The number of amides is 1. The number of H-pyrrole nitrogens is 1. The lowest BCUT2D eigenvalue weighted by atomic mass is 9.98. The first-order valence-corrected chi connectivity index (χ1v) is 9.99. The van der Waals surface area contributed by atoms with Crippen LogP contribution in [0.5, 0.6) is 0 Å². The molecule has 2 fully saturated rings. The third kappa shape index (κ3) is 2.46. The number of rotatable bonds is 2. The molecule has 1 aromatic rings. The standard InChI is InChI=1S/C15H22N4O4S/c1-9-6-12-13(10(2)23-9)16-17-14(12)15(20)18-7-11(8-18)19-4-3-5-24(19,21)22/h9-11H,3-8H2,1-2H3,(H,16,17)/t9-,10+/m1/s1. The molecule has 0 saturated carbocycles. The summed E-state index contributed by atoms with van der Waals surface area (Å²) in [6.07, 6.45) is 1.29. The van der Waals surface area contributed by atoms with Crippen molar-refractivity contribution in [3.8, 4) is 0 Å². The normalized spacial score (nSPS) is 30.2. The number of sulfonamides is 1. The highest BCUT2D eigenvalue weighted by molar-refractivity contribution is 7.89. The second-order valence-corrected chi connectivity index (χ2v) is 8.94. The second-order valence-electron chi connectivity index (χ2n) is 6.90.